The molecule has 0 aliphatic rings. The zero-order valence-corrected chi connectivity index (χ0v) is 13.4. The maximum absolute atomic E-state index is 12.1. The Kier molecular flexibility index (Phi) is 4.57. The van der Waals surface area contributed by atoms with Crippen molar-refractivity contribution in [3.8, 4) is 22.3 Å². The van der Waals surface area contributed by atoms with E-state index in [1.165, 1.54) is 0 Å². The predicted octanol–water partition coefficient (Wildman–Crippen LogP) is 4.17. The van der Waals surface area contributed by atoms with Gasteiger partial charge in [0.25, 0.3) is 0 Å². The lowest BCUT2D eigenvalue weighted by atomic mass is 9.94. The number of anilines is 1. The molecule has 3 aromatic rings. The number of carbonyl (C=O) groups is 1. The number of hydrogen-bond donors (Lipinski definition) is 1. The molecular formula is C20H18N2O2. The van der Waals surface area contributed by atoms with Gasteiger partial charge in [0.1, 0.15) is 5.82 Å². The summed E-state index contributed by atoms with van der Waals surface area (Å²) in [5.74, 6) is -0.161. The zero-order chi connectivity index (χ0) is 16.9. The van der Waals surface area contributed by atoms with Crippen LogP contribution in [0.5, 0.6) is 0 Å². The molecule has 1 aromatic heterocycles. The van der Waals surface area contributed by atoms with Crippen LogP contribution in [0.3, 0.4) is 0 Å². The van der Waals surface area contributed by atoms with Crippen molar-refractivity contribution in [3.05, 3.63) is 72.4 Å². The van der Waals surface area contributed by atoms with Crippen LogP contribution in [0.2, 0.25) is 0 Å². The van der Waals surface area contributed by atoms with Crippen LogP contribution >= 0.6 is 0 Å². The molecule has 0 aliphatic carbocycles. The van der Waals surface area contributed by atoms with Gasteiger partial charge in [0, 0.05) is 5.56 Å². The molecule has 0 unspecified atom stereocenters. The van der Waals surface area contributed by atoms with Gasteiger partial charge < -0.3 is 10.5 Å². The van der Waals surface area contributed by atoms with E-state index in [2.05, 4.69) is 4.98 Å². The number of nitrogen functional groups attached to an aromatic ring is 1. The number of pyridine rings is 1. The summed E-state index contributed by atoms with van der Waals surface area (Å²) in [7, 11) is 0. The quantitative estimate of drug-likeness (QED) is 0.733. The fourth-order valence-corrected chi connectivity index (χ4v) is 2.63. The van der Waals surface area contributed by atoms with Gasteiger partial charge in [-0.3, -0.25) is 0 Å². The monoisotopic (exact) mass is 318 g/mol. The topological polar surface area (TPSA) is 65.2 Å². The number of carbonyl (C=O) groups excluding carboxylic acids is 1. The first-order valence-electron chi connectivity index (χ1n) is 7.79. The molecule has 0 saturated carbocycles. The average molecular weight is 318 g/mol. The second kappa shape index (κ2) is 6.96. The molecular weight excluding hydrogens is 300 g/mol. The number of rotatable bonds is 4. The predicted molar refractivity (Wildman–Crippen MR) is 95.5 cm³/mol. The summed E-state index contributed by atoms with van der Waals surface area (Å²) in [6.45, 7) is 2.05. The third-order valence-corrected chi connectivity index (χ3v) is 3.68. The highest BCUT2D eigenvalue weighted by Gasteiger charge is 2.18. The minimum absolute atomic E-state index is 0.216. The first-order chi connectivity index (χ1) is 11.7. The summed E-state index contributed by atoms with van der Waals surface area (Å²) in [6, 6.07) is 21.3. The molecule has 4 nitrogen and oxygen atoms in total. The van der Waals surface area contributed by atoms with Crippen molar-refractivity contribution < 1.29 is 9.53 Å². The number of benzene rings is 2. The Balaban J connectivity index is 2.23. The first kappa shape index (κ1) is 15.7. The third-order valence-electron chi connectivity index (χ3n) is 3.68. The molecule has 120 valence electrons. The summed E-state index contributed by atoms with van der Waals surface area (Å²) >= 11 is 0. The molecule has 3 rings (SSSR count). The Hall–Kier alpha value is -3.14. The molecule has 0 saturated heterocycles. The zero-order valence-electron chi connectivity index (χ0n) is 13.4. The van der Waals surface area contributed by atoms with Gasteiger partial charge in [0.15, 0.2) is 5.69 Å². The van der Waals surface area contributed by atoms with Crippen LogP contribution in [0.25, 0.3) is 22.3 Å². The number of hydrogen-bond acceptors (Lipinski definition) is 4. The molecule has 0 aliphatic heterocycles. The van der Waals surface area contributed by atoms with Crippen molar-refractivity contribution >= 4 is 11.8 Å². The van der Waals surface area contributed by atoms with E-state index in [1.54, 1.807) is 13.0 Å². The van der Waals surface area contributed by atoms with Gasteiger partial charge in [-0.25, -0.2) is 9.78 Å². The van der Waals surface area contributed by atoms with Crippen LogP contribution in [-0.2, 0) is 4.74 Å². The maximum Gasteiger partial charge on any atom is 0.357 e. The van der Waals surface area contributed by atoms with Gasteiger partial charge in [-0.1, -0.05) is 60.7 Å². The number of nitrogens with zero attached hydrogens (tertiary/aromatic N) is 1. The number of ether oxygens (including phenoxy) is 1. The van der Waals surface area contributed by atoms with Gasteiger partial charge >= 0.3 is 5.97 Å². The van der Waals surface area contributed by atoms with E-state index in [1.807, 2.05) is 60.7 Å². The second-order valence-corrected chi connectivity index (χ2v) is 5.27. The Morgan fingerprint density at radius 2 is 1.58 bits per heavy atom. The first-order valence-corrected chi connectivity index (χ1v) is 7.79. The highest BCUT2D eigenvalue weighted by Crippen LogP contribution is 2.36. The highest BCUT2D eigenvalue weighted by atomic mass is 16.5. The van der Waals surface area contributed by atoms with Crippen LogP contribution in [0, 0.1) is 0 Å². The van der Waals surface area contributed by atoms with E-state index in [4.69, 9.17) is 10.5 Å². The smallest absolute Gasteiger partial charge is 0.357 e. The highest BCUT2D eigenvalue weighted by molar-refractivity contribution is 5.96. The van der Waals surface area contributed by atoms with E-state index < -0.39 is 5.97 Å². The largest absolute Gasteiger partial charge is 0.461 e. The van der Waals surface area contributed by atoms with Crippen molar-refractivity contribution in [2.45, 2.75) is 6.92 Å². The van der Waals surface area contributed by atoms with E-state index in [0.29, 0.717) is 12.4 Å². The van der Waals surface area contributed by atoms with Crippen LogP contribution in [0.4, 0.5) is 5.82 Å². The lowest BCUT2D eigenvalue weighted by Gasteiger charge is -2.14. The summed E-state index contributed by atoms with van der Waals surface area (Å²) < 4.78 is 5.06. The van der Waals surface area contributed by atoms with Crippen LogP contribution in [0.1, 0.15) is 17.4 Å². The Morgan fingerprint density at radius 3 is 2.17 bits per heavy atom. The molecule has 4 heteroatoms. The van der Waals surface area contributed by atoms with Gasteiger partial charge in [0.05, 0.1) is 6.61 Å². The van der Waals surface area contributed by atoms with E-state index >= 15 is 0 Å². The van der Waals surface area contributed by atoms with E-state index in [9.17, 15) is 4.79 Å². The molecule has 24 heavy (non-hydrogen) atoms. The SMILES string of the molecule is CCOC(=O)c1cc(-c2ccccc2)c(-c2ccccc2)c(N)n1. The second-order valence-electron chi connectivity index (χ2n) is 5.27. The molecule has 2 aromatic carbocycles. The van der Waals surface area contributed by atoms with Gasteiger partial charge in [-0.2, -0.15) is 0 Å². The van der Waals surface area contributed by atoms with Crippen molar-refractivity contribution in [1.29, 1.82) is 0 Å². The summed E-state index contributed by atoms with van der Waals surface area (Å²) in [4.78, 5) is 16.3. The normalized spacial score (nSPS) is 10.4. The van der Waals surface area contributed by atoms with Crippen molar-refractivity contribution in [3.63, 3.8) is 0 Å². The van der Waals surface area contributed by atoms with Crippen LogP contribution < -0.4 is 5.73 Å². The molecule has 0 atom stereocenters. The number of nitrogens with two attached hydrogens (primary N) is 1. The minimum Gasteiger partial charge on any atom is -0.461 e. The lowest BCUT2D eigenvalue weighted by Crippen LogP contribution is -2.10. The van der Waals surface area contributed by atoms with Crippen LogP contribution in [0.15, 0.2) is 66.7 Å². The Bertz CT molecular complexity index is 846. The van der Waals surface area contributed by atoms with E-state index in [0.717, 1.165) is 22.3 Å². The van der Waals surface area contributed by atoms with Crippen molar-refractivity contribution in [1.82, 2.24) is 4.98 Å². The Morgan fingerprint density at radius 1 is 1.00 bits per heavy atom. The fourth-order valence-electron chi connectivity index (χ4n) is 2.63. The molecule has 0 fully saturated rings. The average Bonchev–Trinajstić information content (AvgIpc) is 2.62. The minimum atomic E-state index is -0.471. The standard InChI is InChI=1S/C20H18N2O2/c1-2-24-20(23)17-13-16(14-9-5-3-6-10-14)18(19(21)22-17)15-11-7-4-8-12-15/h3-13H,2H2,1H3,(H2,21,22). The fraction of sp³-hybridized carbons (Fsp3) is 0.100. The van der Waals surface area contributed by atoms with Gasteiger partial charge in [0.2, 0.25) is 0 Å². The number of esters is 1. The maximum atomic E-state index is 12.1. The van der Waals surface area contributed by atoms with Crippen molar-refractivity contribution in [2.24, 2.45) is 0 Å². The molecule has 0 amide bonds. The lowest BCUT2D eigenvalue weighted by molar-refractivity contribution is 0.0520. The molecule has 2 N–H and O–H groups in total. The molecule has 0 spiro atoms. The molecule has 0 radical (unpaired) electrons. The van der Waals surface area contributed by atoms with Crippen molar-refractivity contribution in [2.75, 3.05) is 12.3 Å². The van der Waals surface area contributed by atoms with E-state index in [-0.39, 0.29) is 5.69 Å². The van der Waals surface area contributed by atoms with Gasteiger partial charge in [-0.15, -0.1) is 0 Å². The third kappa shape index (κ3) is 3.13. The summed E-state index contributed by atoms with van der Waals surface area (Å²) in [6.07, 6.45) is 0. The van der Waals surface area contributed by atoms with Crippen LogP contribution in [-0.4, -0.2) is 17.6 Å². The van der Waals surface area contributed by atoms with Gasteiger partial charge in [-0.05, 0) is 29.7 Å². The summed E-state index contributed by atoms with van der Waals surface area (Å²) in [5, 5.41) is 0. The Labute approximate surface area is 140 Å². The molecule has 0 bridgehead atoms. The summed E-state index contributed by atoms with van der Waals surface area (Å²) in [5.41, 5.74) is 10.0. The molecule has 1 heterocycles. The number of aromatic nitrogens is 1.